The van der Waals surface area contributed by atoms with Crippen molar-refractivity contribution in [1.82, 2.24) is 0 Å². The molecule has 0 aromatic heterocycles. The standard InChI is InChI=1S/C15H24S6/c1-3-9(16)7-5-11(18)15(13(7)20)12(19)6-8(14(15)21)10(17)4-2/h3-4,7-14,16-21H,1-2,5-6H2. The van der Waals surface area contributed by atoms with Gasteiger partial charge in [-0.2, -0.15) is 75.8 Å². The second kappa shape index (κ2) is 7.22. The molecular formula is C15H24S6. The number of rotatable bonds is 4. The van der Waals surface area contributed by atoms with Crippen molar-refractivity contribution < 1.29 is 0 Å². The van der Waals surface area contributed by atoms with Gasteiger partial charge in [-0.25, -0.2) is 0 Å². The molecule has 120 valence electrons. The lowest BCUT2D eigenvalue weighted by Gasteiger charge is -2.42. The molecular weight excluding hydrogens is 373 g/mol. The van der Waals surface area contributed by atoms with Crippen molar-refractivity contribution in [3.8, 4) is 0 Å². The van der Waals surface area contributed by atoms with Crippen molar-refractivity contribution >= 4 is 75.8 Å². The van der Waals surface area contributed by atoms with E-state index in [0.29, 0.717) is 11.8 Å². The predicted molar refractivity (Wildman–Crippen MR) is 116 cm³/mol. The first kappa shape index (κ1) is 18.9. The Morgan fingerprint density at radius 1 is 0.810 bits per heavy atom. The van der Waals surface area contributed by atoms with Crippen LogP contribution >= 0.6 is 75.8 Å². The Hall–Kier alpha value is 1.58. The van der Waals surface area contributed by atoms with E-state index in [-0.39, 0.29) is 36.9 Å². The molecule has 1 spiro atoms. The molecule has 2 rings (SSSR count). The fourth-order valence-corrected chi connectivity index (χ4v) is 8.82. The minimum atomic E-state index is -0.109. The van der Waals surface area contributed by atoms with Gasteiger partial charge in [0.25, 0.3) is 0 Å². The van der Waals surface area contributed by atoms with Crippen LogP contribution in [-0.4, -0.2) is 31.5 Å². The van der Waals surface area contributed by atoms with Gasteiger partial charge in [0.05, 0.1) is 0 Å². The third kappa shape index (κ3) is 2.88. The monoisotopic (exact) mass is 396 g/mol. The maximum atomic E-state index is 4.98. The molecule has 0 aromatic carbocycles. The highest BCUT2D eigenvalue weighted by Crippen LogP contribution is 2.63. The molecule has 2 saturated carbocycles. The van der Waals surface area contributed by atoms with Crippen molar-refractivity contribution in [3.63, 3.8) is 0 Å². The Bertz CT molecular complexity index is 373. The van der Waals surface area contributed by atoms with Crippen LogP contribution in [0.5, 0.6) is 0 Å². The van der Waals surface area contributed by atoms with Gasteiger partial charge < -0.3 is 0 Å². The molecule has 0 bridgehead atoms. The van der Waals surface area contributed by atoms with E-state index in [1.165, 1.54) is 0 Å². The van der Waals surface area contributed by atoms with Crippen LogP contribution in [0.15, 0.2) is 25.3 Å². The lowest BCUT2D eigenvalue weighted by molar-refractivity contribution is 0.326. The highest BCUT2D eigenvalue weighted by molar-refractivity contribution is 7.84. The Labute approximate surface area is 161 Å². The molecule has 0 radical (unpaired) electrons. The molecule has 2 aliphatic rings. The zero-order valence-electron chi connectivity index (χ0n) is 11.8. The zero-order chi connectivity index (χ0) is 15.9. The summed E-state index contributed by atoms with van der Waals surface area (Å²) in [6.45, 7) is 7.75. The van der Waals surface area contributed by atoms with E-state index >= 15 is 0 Å². The zero-order valence-corrected chi connectivity index (χ0v) is 17.2. The van der Waals surface area contributed by atoms with Crippen molar-refractivity contribution in [3.05, 3.63) is 25.3 Å². The lowest BCUT2D eigenvalue weighted by Crippen LogP contribution is -2.47. The molecule has 8 atom stereocenters. The van der Waals surface area contributed by atoms with Gasteiger partial charge in [0.2, 0.25) is 0 Å². The summed E-state index contributed by atoms with van der Waals surface area (Å²) in [7, 11) is 0. The van der Waals surface area contributed by atoms with E-state index in [0.717, 1.165) is 12.8 Å². The summed E-state index contributed by atoms with van der Waals surface area (Å²) < 4.78 is 0. The van der Waals surface area contributed by atoms with Crippen LogP contribution in [0.1, 0.15) is 12.8 Å². The number of hydrogen-bond donors (Lipinski definition) is 6. The first-order valence-corrected chi connectivity index (χ1v) is 10.3. The second-order valence-corrected chi connectivity index (χ2v) is 9.72. The molecule has 0 amide bonds. The molecule has 0 N–H and O–H groups in total. The average Bonchev–Trinajstić information content (AvgIpc) is 2.89. The summed E-state index contributed by atoms with van der Waals surface area (Å²) in [6.07, 6.45) is 5.75. The first-order chi connectivity index (χ1) is 9.82. The van der Waals surface area contributed by atoms with E-state index in [4.69, 9.17) is 50.5 Å². The lowest BCUT2D eigenvalue weighted by atomic mass is 9.80. The summed E-state index contributed by atoms with van der Waals surface area (Å²) in [5.41, 5.74) is -0.109. The molecule has 0 heterocycles. The second-order valence-electron chi connectivity index (χ2n) is 6.17. The molecule has 2 fully saturated rings. The molecule has 21 heavy (non-hydrogen) atoms. The van der Waals surface area contributed by atoms with Gasteiger partial charge in [-0.1, -0.05) is 12.2 Å². The largest absolute Gasteiger partial charge is 0.175 e. The molecule has 0 aliphatic heterocycles. The van der Waals surface area contributed by atoms with Gasteiger partial charge in [-0.3, -0.25) is 0 Å². The van der Waals surface area contributed by atoms with Crippen molar-refractivity contribution in [2.45, 2.75) is 44.3 Å². The predicted octanol–water partition coefficient (Wildman–Crippen LogP) is 4.18. The summed E-state index contributed by atoms with van der Waals surface area (Å²) >= 11 is 29.1. The van der Waals surface area contributed by atoms with E-state index in [1.54, 1.807) is 0 Å². The van der Waals surface area contributed by atoms with E-state index in [1.807, 2.05) is 12.2 Å². The highest BCUT2D eigenvalue weighted by Gasteiger charge is 2.64. The van der Waals surface area contributed by atoms with Crippen molar-refractivity contribution in [2.24, 2.45) is 17.3 Å². The minimum Gasteiger partial charge on any atom is -0.175 e. The summed E-state index contributed by atoms with van der Waals surface area (Å²) in [5, 5.41) is 1.04. The molecule has 0 nitrogen and oxygen atoms in total. The maximum Gasteiger partial charge on any atom is 0.0233 e. The van der Waals surface area contributed by atoms with Gasteiger partial charge in [-0.15, -0.1) is 13.2 Å². The number of thiol groups is 6. The van der Waals surface area contributed by atoms with Gasteiger partial charge in [-0.05, 0) is 24.7 Å². The van der Waals surface area contributed by atoms with Gasteiger partial charge in [0.15, 0.2) is 0 Å². The minimum absolute atomic E-state index is 0.109. The Morgan fingerprint density at radius 2 is 1.14 bits per heavy atom. The van der Waals surface area contributed by atoms with E-state index in [9.17, 15) is 0 Å². The first-order valence-electron chi connectivity index (χ1n) is 7.15. The molecule has 6 heteroatoms. The fraction of sp³-hybridized carbons (Fsp3) is 0.733. The Kier molecular flexibility index (Phi) is 6.50. The molecule has 2 aliphatic carbocycles. The maximum absolute atomic E-state index is 4.98. The van der Waals surface area contributed by atoms with Crippen LogP contribution in [0, 0.1) is 17.3 Å². The van der Waals surface area contributed by atoms with Crippen molar-refractivity contribution in [2.75, 3.05) is 0 Å². The normalized spacial score (nSPS) is 49.2. The van der Waals surface area contributed by atoms with Gasteiger partial charge in [0.1, 0.15) is 0 Å². The van der Waals surface area contributed by atoms with Crippen LogP contribution in [0.2, 0.25) is 0 Å². The van der Waals surface area contributed by atoms with Crippen molar-refractivity contribution in [1.29, 1.82) is 0 Å². The smallest absolute Gasteiger partial charge is 0.0233 e. The molecule has 8 unspecified atom stereocenters. The summed E-state index contributed by atoms with van der Waals surface area (Å²) in [6, 6.07) is 0. The van der Waals surface area contributed by atoms with Crippen LogP contribution in [0.4, 0.5) is 0 Å². The summed E-state index contributed by atoms with van der Waals surface area (Å²) in [4.78, 5) is 0. The van der Waals surface area contributed by atoms with Crippen LogP contribution in [0.25, 0.3) is 0 Å². The fourth-order valence-electron chi connectivity index (χ4n) is 4.11. The SMILES string of the molecule is C=CC(S)C1CC(S)C2(C(S)CC(C(S)C=C)C2S)C1S. The topological polar surface area (TPSA) is 0 Å². The van der Waals surface area contributed by atoms with Gasteiger partial charge >= 0.3 is 0 Å². The third-order valence-electron chi connectivity index (χ3n) is 5.34. The molecule has 0 aromatic rings. The van der Waals surface area contributed by atoms with E-state index in [2.05, 4.69) is 38.4 Å². The average molecular weight is 397 g/mol. The van der Waals surface area contributed by atoms with Crippen LogP contribution in [0.3, 0.4) is 0 Å². The number of hydrogen-bond acceptors (Lipinski definition) is 6. The summed E-state index contributed by atoms with van der Waals surface area (Å²) in [5.74, 6) is 0.698. The van der Waals surface area contributed by atoms with Crippen LogP contribution < -0.4 is 0 Å². The third-order valence-corrected chi connectivity index (χ3v) is 9.51. The van der Waals surface area contributed by atoms with E-state index < -0.39 is 0 Å². The Morgan fingerprint density at radius 3 is 1.43 bits per heavy atom. The highest BCUT2D eigenvalue weighted by atomic mass is 32.1. The van der Waals surface area contributed by atoms with Crippen LogP contribution in [-0.2, 0) is 0 Å². The van der Waals surface area contributed by atoms with Gasteiger partial charge in [0, 0.05) is 36.9 Å². The molecule has 0 saturated heterocycles. The quantitative estimate of drug-likeness (QED) is 0.298. The Balaban J connectivity index is 2.36.